The first-order chi connectivity index (χ1) is 20.9. The Morgan fingerprint density at radius 1 is 1.11 bits per heavy atom. The van der Waals surface area contributed by atoms with Gasteiger partial charge < -0.3 is 36.0 Å². The third-order valence-electron chi connectivity index (χ3n) is 8.70. The minimum Gasteiger partial charge on any atom is -0.508 e. The molecule has 13 heteroatoms. The number of phenols is 1. The number of Topliss-reactive ketones (excluding diaryl/α,β-unsaturated/α-hetero) is 2. The number of aliphatic hydroxyl groups excluding tert-OH is 2. The Bertz CT molecular complexity index is 1820. The van der Waals surface area contributed by atoms with Crippen LogP contribution in [0.4, 0.5) is 5.69 Å². The molecule has 0 bridgehead atoms. The maximum Gasteiger partial charge on any atom is 0.294 e. The van der Waals surface area contributed by atoms with Crippen LogP contribution in [0.3, 0.4) is 0 Å². The average Bonchev–Trinajstić information content (AvgIpc) is 3.50. The molecule has 7 N–H and O–H groups in total. The molecule has 0 unspecified atom stereocenters. The van der Waals surface area contributed by atoms with Crippen LogP contribution in [0.2, 0.25) is 0 Å². The summed E-state index contributed by atoms with van der Waals surface area (Å²) < 4.78 is 4.91. The molecule has 1 heterocycles. The molecule has 1 fully saturated rings. The molecule has 0 radical (unpaired) electrons. The number of carbonyl (C=O) groups is 4. The summed E-state index contributed by atoms with van der Waals surface area (Å²) in [6, 6.07) is 10.1. The molecule has 0 spiro atoms. The number of rotatable bonds is 5. The number of aromatic hydroxyl groups is 1. The van der Waals surface area contributed by atoms with E-state index in [1.54, 1.807) is 30.3 Å². The summed E-state index contributed by atoms with van der Waals surface area (Å²) in [6.45, 7) is 0. The molecule has 1 aromatic heterocycles. The van der Waals surface area contributed by atoms with Crippen molar-refractivity contribution in [1.29, 1.82) is 0 Å². The summed E-state index contributed by atoms with van der Waals surface area (Å²) in [5.41, 5.74) is 3.66. The van der Waals surface area contributed by atoms with Gasteiger partial charge in [-0.15, -0.1) is 0 Å². The monoisotopic (exact) mass is 600 g/mol. The molecule has 3 aliphatic carbocycles. The zero-order valence-corrected chi connectivity index (χ0v) is 23.6. The Kier molecular flexibility index (Phi) is 6.67. The Balaban J connectivity index is 1.46. The highest BCUT2D eigenvalue weighted by atomic mass is 16.5. The molecule has 6 rings (SSSR count). The summed E-state index contributed by atoms with van der Waals surface area (Å²) >= 11 is 0. The third kappa shape index (κ3) is 4.12. The number of hydrogen-bond acceptors (Lipinski definition) is 11. The first kappa shape index (κ1) is 28.8. The smallest absolute Gasteiger partial charge is 0.294 e. The normalized spacial score (nSPS) is 24.6. The lowest BCUT2D eigenvalue weighted by atomic mass is 9.57. The number of amides is 2. The average molecular weight is 601 g/mol. The van der Waals surface area contributed by atoms with Crippen molar-refractivity contribution >= 4 is 34.8 Å². The number of primary amides is 1. The Hall–Kier alpha value is -5.27. The number of anilines is 1. The van der Waals surface area contributed by atoms with Crippen molar-refractivity contribution in [2.45, 2.75) is 24.5 Å². The van der Waals surface area contributed by atoms with Crippen molar-refractivity contribution in [2.24, 2.45) is 17.6 Å². The van der Waals surface area contributed by atoms with Crippen LogP contribution in [0.15, 0.2) is 70.1 Å². The third-order valence-corrected chi connectivity index (χ3v) is 8.70. The van der Waals surface area contributed by atoms with Crippen LogP contribution in [0.25, 0.3) is 16.9 Å². The van der Waals surface area contributed by atoms with Crippen molar-refractivity contribution in [3.05, 3.63) is 82.5 Å². The van der Waals surface area contributed by atoms with Gasteiger partial charge in [-0.1, -0.05) is 23.4 Å². The minimum absolute atomic E-state index is 0.0167. The number of hydrogen-bond donors (Lipinski definition) is 6. The van der Waals surface area contributed by atoms with Crippen LogP contribution in [-0.4, -0.2) is 79.6 Å². The van der Waals surface area contributed by atoms with Crippen molar-refractivity contribution in [3.63, 3.8) is 0 Å². The number of aromatic nitrogens is 1. The van der Waals surface area contributed by atoms with Crippen LogP contribution in [0.5, 0.6) is 5.75 Å². The topological polar surface area (TPSA) is 217 Å². The molecular formula is C31H28N4O9. The van der Waals surface area contributed by atoms with Crippen LogP contribution in [-0.2, 0) is 20.8 Å². The second-order valence-corrected chi connectivity index (χ2v) is 11.4. The van der Waals surface area contributed by atoms with E-state index in [2.05, 4.69) is 10.5 Å². The van der Waals surface area contributed by atoms with Crippen molar-refractivity contribution in [1.82, 2.24) is 10.1 Å². The summed E-state index contributed by atoms with van der Waals surface area (Å²) in [6.07, 6.45) is 1.43. The van der Waals surface area contributed by atoms with Gasteiger partial charge >= 0.3 is 0 Å². The number of benzene rings is 2. The number of carbonyl (C=O) groups excluding carboxylic acids is 4. The predicted molar refractivity (Wildman–Crippen MR) is 154 cm³/mol. The molecule has 3 aromatic rings. The van der Waals surface area contributed by atoms with Gasteiger partial charge in [0.25, 0.3) is 11.8 Å². The fraction of sp³-hybridized carbons (Fsp3) is 0.258. The lowest BCUT2D eigenvalue weighted by Crippen LogP contribution is -2.65. The van der Waals surface area contributed by atoms with Gasteiger partial charge in [0.15, 0.2) is 11.4 Å². The van der Waals surface area contributed by atoms with Gasteiger partial charge in [0, 0.05) is 23.2 Å². The largest absolute Gasteiger partial charge is 0.508 e. The molecule has 13 nitrogen and oxygen atoms in total. The van der Waals surface area contributed by atoms with Gasteiger partial charge in [-0.2, -0.15) is 0 Å². The number of fused-ring (bicyclic) bond motifs is 3. The van der Waals surface area contributed by atoms with Crippen molar-refractivity contribution < 1.29 is 44.1 Å². The highest BCUT2D eigenvalue weighted by Gasteiger charge is 2.64. The van der Waals surface area contributed by atoms with Crippen molar-refractivity contribution in [3.8, 4) is 16.9 Å². The molecule has 2 aromatic carbocycles. The molecule has 0 aliphatic heterocycles. The number of nitrogens with one attached hydrogen (secondary N) is 1. The van der Waals surface area contributed by atoms with E-state index in [4.69, 9.17) is 10.3 Å². The fourth-order valence-electron chi connectivity index (χ4n) is 6.80. The lowest BCUT2D eigenvalue weighted by molar-refractivity contribution is -0.153. The Morgan fingerprint density at radius 3 is 2.52 bits per heavy atom. The predicted octanol–water partition coefficient (Wildman–Crippen LogP) is 1.87. The van der Waals surface area contributed by atoms with Gasteiger partial charge in [-0.05, 0) is 67.7 Å². The summed E-state index contributed by atoms with van der Waals surface area (Å²) in [5, 5.41) is 51.4. The standard InChI is InChI=1S/C31H28N4O9/c1-35(2)24-18-12-14-11-17-16(13-4-3-5-15(10-13)34-30(42)20-8-9-33-44-20)6-7-19(36)22(17)25(37)21(14)27(39)31(18,43)28(40)23(26(24)38)29(32)41/h3-10,14,18,24,36-37,40,43H,11-12H2,1-2H3,(H2,32,41)(H,34,42)/t14-,18-,24-,31-/m1/s1. The number of likely N-dealkylation sites (N-methyl/N-ethyl adjacent to an activating group) is 1. The number of phenolic OH excluding ortho intramolecular Hbond substituents is 1. The molecule has 0 saturated heterocycles. The van der Waals surface area contributed by atoms with Crippen LogP contribution in [0, 0.1) is 11.8 Å². The van der Waals surface area contributed by atoms with Crippen LogP contribution >= 0.6 is 0 Å². The Labute approximate surface area is 249 Å². The number of nitrogens with zero attached hydrogens (tertiary/aromatic N) is 2. The van der Waals surface area contributed by atoms with Gasteiger partial charge in [0.05, 0.1) is 17.8 Å². The Morgan fingerprint density at radius 2 is 1.86 bits per heavy atom. The molecule has 44 heavy (non-hydrogen) atoms. The van der Waals surface area contributed by atoms with Gasteiger partial charge in [0.1, 0.15) is 22.8 Å². The second-order valence-electron chi connectivity index (χ2n) is 11.4. The molecule has 3 aliphatic rings. The van der Waals surface area contributed by atoms with Crippen LogP contribution < -0.4 is 11.1 Å². The van der Waals surface area contributed by atoms with E-state index in [1.165, 1.54) is 37.3 Å². The number of ketones is 2. The van der Waals surface area contributed by atoms with E-state index >= 15 is 0 Å². The zero-order valence-electron chi connectivity index (χ0n) is 23.6. The zero-order chi connectivity index (χ0) is 31.7. The van der Waals surface area contributed by atoms with Gasteiger partial charge in [-0.25, -0.2) is 0 Å². The van der Waals surface area contributed by atoms with Gasteiger partial charge in [0.2, 0.25) is 11.5 Å². The highest BCUT2D eigenvalue weighted by Crippen LogP contribution is 2.53. The van der Waals surface area contributed by atoms with E-state index in [9.17, 15) is 39.6 Å². The fourth-order valence-corrected chi connectivity index (χ4v) is 6.80. The van der Waals surface area contributed by atoms with E-state index in [0.29, 0.717) is 22.4 Å². The first-order valence-electron chi connectivity index (χ1n) is 13.7. The second kappa shape index (κ2) is 10.2. The highest BCUT2D eigenvalue weighted by molar-refractivity contribution is 6.24. The van der Waals surface area contributed by atoms with Crippen molar-refractivity contribution in [2.75, 3.05) is 19.4 Å². The molecule has 226 valence electrons. The number of nitrogens with two attached hydrogens (primary N) is 1. The van der Waals surface area contributed by atoms with E-state index in [-0.39, 0.29) is 35.5 Å². The van der Waals surface area contributed by atoms with E-state index in [1.807, 2.05) is 0 Å². The maximum absolute atomic E-state index is 14.0. The summed E-state index contributed by atoms with van der Waals surface area (Å²) in [4.78, 5) is 53.4. The minimum atomic E-state index is -2.71. The number of aliphatic hydroxyl groups is 3. The van der Waals surface area contributed by atoms with E-state index in [0.717, 1.165) is 0 Å². The van der Waals surface area contributed by atoms with E-state index < -0.39 is 64.0 Å². The van der Waals surface area contributed by atoms with Gasteiger partial charge in [-0.3, -0.25) is 24.1 Å². The molecule has 1 saturated carbocycles. The SMILES string of the molecule is CN(C)[C@H]1C(=O)C(C(N)=O)=C(O)[C@]2(O)C(=O)C3=C(O)c4c(O)ccc(-c5cccc(NC(=O)c6ccno6)c5)c4C[C@@H]3C[C@H]12. The molecule has 4 atom stereocenters. The summed E-state index contributed by atoms with van der Waals surface area (Å²) in [7, 11) is 3.08. The summed E-state index contributed by atoms with van der Waals surface area (Å²) in [5.74, 6) is -7.67. The lowest BCUT2D eigenvalue weighted by Gasteiger charge is -2.50. The molecule has 2 amide bonds. The van der Waals surface area contributed by atoms with Crippen LogP contribution in [0.1, 0.15) is 28.1 Å². The first-order valence-corrected chi connectivity index (χ1v) is 13.7. The quantitative estimate of drug-likeness (QED) is 0.232. The maximum atomic E-state index is 14.0. The molecular weight excluding hydrogens is 572 g/mol.